The molecular formula is C10H15NS. The molecule has 0 aliphatic carbocycles. The van der Waals surface area contributed by atoms with E-state index in [4.69, 9.17) is 0 Å². The molecule has 1 aromatic rings. The van der Waals surface area contributed by atoms with E-state index < -0.39 is 0 Å². The first-order valence-corrected chi connectivity index (χ1v) is 4.91. The summed E-state index contributed by atoms with van der Waals surface area (Å²) >= 11 is 1.85. The minimum atomic E-state index is 0.275. The average molecular weight is 181 g/mol. The van der Waals surface area contributed by atoms with Crippen LogP contribution in [0.1, 0.15) is 26.5 Å². The van der Waals surface area contributed by atoms with Crippen LogP contribution in [0.25, 0.3) is 0 Å². The lowest BCUT2D eigenvalue weighted by molar-refractivity contribution is 0.802. The molecule has 12 heavy (non-hydrogen) atoms. The van der Waals surface area contributed by atoms with Crippen molar-refractivity contribution >= 4 is 11.8 Å². The summed E-state index contributed by atoms with van der Waals surface area (Å²) in [6, 6.07) is 4.17. The molecule has 0 atom stereocenters. The molecule has 0 radical (unpaired) electrons. The summed E-state index contributed by atoms with van der Waals surface area (Å²) in [6.45, 7) is 8.62. The van der Waals surface area contributed by atoms with Gasteiger partial charge in [-0.1, -0.05) is 20.8 Å². The second-order valence-corrected chi connectivity index (χ2v) is 5.75. The lowest BCUT2D eigenvalue weighted by Gasteiger charge is -2.16. The van der Waals surface area contributed by atoms with Crippen LogP contribution >= 0.6 is 11.8 Å². The number of thioether (sulfide) groups is 1. The predicted molar refractivity (Wildman–Crippen MR) is 54.6 cm³/mol. The van der Waals surface area contributed by atoms with Crippen molar-refractivity contribution in [2.75, 3.05) is 0 Å². The fraction of sp³-hybridized carbons (Fsp3) is 0.500. The number of pyridine rings is 1. The van der Waals surface area contributed by atoms with Gasteiger partial charge in [0.15, 0.2) is 0 Å². The summed E-state index contributed by atoms with van der Waals surface area (Å²) in [4.78, 5) is 5.49. The number of aromatic nitrogens is 1. The second kappa shape index (κ2) is 3.48. The highest BCUT2D eigenvalue weighted by molar-refractivity contribution is 8.00. The van der Waals surface area contributed by atoms with Crippen molar-refractivity contribution in [3.63, 3.8) is 0 Å². The largest absolute Gasteiger partial charge is 0.260 e. The van der Waals surface area contributed by atoms with Crippen LogP contribution in [-0.2, 0) is 0 Å². The predicted octanol–water partition coefficient (Wildman–Crippen LogP) is 3.28. The Bertz CT molecular complexity index is 246. The molecule has 0 fully saturated rings. The molecule has 1 aromatic heterocycles. The van der Waals surface area contributed by atoms with E-state index >= 15 is 0 Å². The third kappa shape index (κ3) is 3.26. The molecule has 1 heterocycles. The zero-order valence-electron chi connectivity index (χ0n) is 8.09. The molecule has 66 valence electrons. The molecule has 0 saturated heterocycles. The van der Waals surface area contributed by atoms with Crippen LogP contribution in [0.15, 0.2) is 23.2 Å². The molecule has 1 rings (SSSR count). The summed E-state index contributed by atoms with van der Waals surface area (Å²) in [5, 5.41) is 0. The van der Waals surface area contributed by atoms with E-state index in [0.29, 0.717) is 0 Å². The lowest BCUT2D eigenvalue weighted by Crippen LogP contribution is -2.06. The van der Waals surface area contributed by atoms with Crippen molar-refractivity contribution in [1.29, 1.82) is 0 Å². The Morgan fingerprint density at radius 2 is 1.92 bits per heavy atom. The molecule has 0 saturated carbocycles. The number of hydrogen-bond donors (Lipinski definition) is 0. The first-order chi connectivity index (χ1) is 5.47. The molecule has 0 aliphatic heterocycles. The molecular weight excluding hydrogens is 166 g/mol. The minimum absolute atomic E-state index is 0.275. The maximum atomic E-state index is 4.24. The average Bonchev–Trinajstić information content (AvgIpc) is 1.91. The zero-order chi connectivity index (χ0) is 9.19. The summed E-state index contributed by atoms with van der Waals surface area (Å²) in [5.74, 6) is 0. The van der Waals surface area contributed by atoms with Crippen LogP contribution < -0.4 is 0 Å². The number of hydrogen-bond acceptors (Lipinski definition) is 2. The Kier molecular flexibility index (Phi) is 2.78. The third-order valence-corrected chi connectivity index (χ3v) is 2.40. The highest BCUT2D eigenvalue weighted by Crippen LogP contribution is 2.30. The Labute approximate surface area is 78.6 Å². The van der Waals surface area contributed by atoms with Crippen LogP contribution in [0.4, 0.5) is 0 Å². The molecule has 2 heteroatoms. The molecule has 1 nitrogen and oxygen atoms in total. The zero-order valence-corrected chi connectivity index (χ0v) is 8.90. The smallest absolute Gasteiger partial charge is 0.0407 e. The van der Waals surface area contributed by atoms with Crippen LogP contribution in [0, 0.1) is 6.92 Å². The summed E-state index contributed by atoms with van der Waals surface area (Å²) in [5.41, 5.74) is 1.08. The molecule has 0 N–H and O–H groups in total. The maximum absolute atomic E-state index is 4.24. The summed E-state index contributed by atoms with van der Waals surface area (Å²) < 4.78 is 0.275. The number of aryl methyl sites for hydroxylation is 1. The van der Waals surface area contributed by atoms with Gasteiger partial charge in [-0.3, -0.25) is 4.98 Å². The van der Waals surface area contributed by atoms with Crippen molar-refractivity contribution in [3.8, 4) is 0 Å². The van der Waals surface area contributed by atoms with E-state index in [1.54, 1.807) is 0 Å². The first kappa shape index (κ1) is 9.59. The van der Waals surface area contributed by atoms with Gasteiger partial charge < -0.3 is 0 Å². The Morgan fingerprint density at radius 3 is 2.33 bits per heavy atom. The highest BCUT2D eigenvalue weighted by atomic mass is 32.2. The lowest BCUT2D eigenvalue weighted by atomic mass is 10.3. The van der Waals surface area contributed by atoms with Gasteiger partial charge in [0.05, 0.1) is 0 Å². The monoisotopic (exact) mass is 181 g/mol. The maximum Gasteiger partial charge on any atom is 0.0407 e. The van der Waals surface area contributed by atoms with Crippen LogP contribution in [0.3, 0.4) is 0 Å². The van der Waals surface area contributed by atoms with Crippen LogP contribution in [0.5, 0.6) is 0 Å². The highest BCUT2D eigenvalue weighted by Gasteiger charge is 2.11. The molecule has 0 aromatic carbocycles. The molecule has 0 unspecified atom stereocenters. The first-order valence-electron chi connectivity index (χ1n) is 4.09. The van der Waals surface area contributed by atoms with Gasteiger partial charge in [-0.25, -0.2) is 0 Å². The molecule has 0 bridgehead atoms. The standard InChI is InChI=1S/C10H15NS/c1-8-5-6-9(7-11-8)12-10(2,3)4/h5-7H,1-4H3. The molecule has 0 aliphatic rings. The summed E-state index contributed by atoms with van der Waals surface area (Å²) in [7, 11) is 0. The number of nitrogens with zero attached hydrogens (tertiary/aromatic N) is 1. The van der Waals surface area contributed by atoms with E-state index in [2.05, 4.69) is 31.8 Å². The van der Waals surface area contributed by atoms with Gasteiger partial charge in [0.2, 0.25) is 0 Å². The minimum Gasteiger partial charge on any atom is -0.260 e. The van der Waals surface area contributed by atoms with Gasteiger partial charge >= 0.3 is 0 Å². The molecule has 0 spiro atoms. The molecule has 0 amide bonds. The van der Waals surface area contributed by atoms with Gasteiger partial charge in [-0.05, 0) is 19.1 Å². The second-order valence-electron chi connectivity index (χ2n) is 3.85. The third-order valence-electron chi connectivity index (χ3n) is 1.31. The van der Waals surface area contributed by atoms with Crippen molar-refractivity contribution < 1.29 is 0 Å². The topological polar surface area (TPSA) is 12.9 Å². The van der Waals surface area contributed by atoms with E-state index in [1.165, 1.54) is 4.90 Å². The van der Waals surface area contributed by atoms with E-state index in [-0.39, 0.29) is 4.75 Å². The van der Waals surface area contributed by atoms with Gasteiger partial charge in [-0.15, -0.1) is 11.8 Å². The SMILES string of the molecule is Cc1ccc(SC(C)(C)C)cn1. The van der Waals surface area contributed by atoms with E-state index in [0.717, 1.165) is 5.69 Å². The summed E-state index contributed by atoms with van der Waals surface area (Å²) in [6.07, 6.45) is 1.94. The Hall–Kier alpha value is -0.500. The normalized spacial score (nSPS) is 11.7. The van der Waals surface area contributed by atoms with Crippen LogP contribution in [-0.4, -0.2) is 9.73 Å². The fourth-order valence-electron chi connectivity index (χ4n) is 0.868. The Morgan fingerprint density at radius 1 is 1.25 bits per heavy atom. The van der Waals surface area contributed by atoms with Crippen molar-refractivity contribution in [3.05, 3.63) is 24.0 Å². The van der Waals surface area contributed by atoms with Crippen LogP contribution in [0.2, 0.25) is 0 Å². The van der Waals surface area contributed by atoms with Gasteiger partial charge in [0, 0.05) is 21.5 Å². The Balaban J connectivity index is 2.71. The van der Waals surface area contributed by atoms with Gasteiger partial charge in [0.1, 0.15) is 0 Å². The van der Waals surface area contributed by atoms with Crippen molar-refractivity contribution in [1.82, 2.24) is 4.98 Å². The van der Waals surface area contributed by atoms with E-state index in [9.17, 15) is 0 Å². The van der Waals surface area contributed by atoms with Crippen molar-refractivity contribution in [2.24, 2.45) is 0 Å². The van der Waals surface area contributed by atoms with E-state index in [1.807, 2.05) is 30.9 Å². The number of rotatable bonds is 1. The van der Waals surface area contributed by atoms with Gasteiger partial charge in [-0.2, -0.15) is 0 Å². The fourth-order valence-corrected chi connectivity index (χ4v) is 1.82. The quantitative estimate of drug-likeness (QED) is 0.617. The van der Waals surface area contributed by atoms with Crippen molar-refractivity contribution in [2.45, 2.75) is 37.3 Å². The van der Waals surface area contributed by atoms with Gasteiger partial charge in [0.25, 0.3) is 0 Å².